The van der Waals surface area contributed by atoms with E-state index in [1.807, 2.05) is 30.4 Å². The second-order valence-electron chi connectivity index (χ2n) is 4.61. The van der Waals surface area contributed by atoms with Crippen LogP contribution in [0.5, 0.6) is 0 Å². The highest BCUT2D eigenvalue weighted by atomic mass is 32.2. The molecule has 0 aliphatic heterocycles. The van der Waals surface area contributed by atoms with E-state index in [0.29, 0.717) is 10.5 Å². The third kappa shape index (κ3) is 6.95. The minimum atomic E-state index is -1.29. The molecular formula is C17H20O3S. The maximum absolute atomic E-state index is 12.0. The quantitative estimate of drug-likeness (QED) is 0.400. The SMILES string of the molecule is C/C(=C\CCC/C=C/C=O)C(=O)CS(=O)c1ccccc1. The Morgan fingerprint density at radius 1 is 1.19 bits per heavy atom. The Morgan fingerprint density at radius 2 is 1.90 bits per heavy atom. The molecule has 21 heavy (non-hydrogen) atoms. The number of Topliss-reactive ketones (excluding diaryl/α,β-unsaturated/α-hetero) is 1. The Bertz CT molecular complexity index is 544. The van der Waals surface area contributed by atoms with E-state index in [1.54, 1.807) is 19.1 Å². The van der Waals surface area contributed by atoms with Crippen molar-refractivity contribution in [3.8, 4) is 0 Å². The summed E-state index contributed by atoms with van der Waals surface area (Å²) in [5.41, 5.74) is 0.652. The first-order valence-electron chi connectivity index (χ1n) is 6.89. The van der Waals surface area contributed by atoms with Crippen molar-refractivity contribution in [1.29, 1.82) is 0 Å². The number of unbranched alkanes of at least 4 members (excludes halogenated alkanes) is 2. The number of allylic oxidation sites excluding steroid dienone is 4. The number of carbonyl (C=O) groups excluding carboxylic acids is 2. The van der Waals surface area contributed by atoms with E-state index in [0.717, 1.165) is 25.5 Å². The van der Waals surface area contributed by atoms with E-state index in [-0.39, 0.29) is 11.5 Å². The van der Waals surface area contributed by atoms with E-state index in [4.69, 9.17) is 0 Å². The van der Waals surface area contributed by atoms with E-state index in [1.165, 1.54) is 6.08 Å². The maximum Gasteiger partial charge on any atom is 0.171 e. The molecule has 1 atom stereocenters. The lowest BCUT2D eigenvalue weighted by atomic mass is 10.1. The highest BCUT2D eigenvalue weighted by molar-refractivity contribution is 7.85. The third-order valence-electron chi connectivity index (χ3n) is 2.95. The highest BCUT2D eigenvalue weighted by Gasteiger charge is 2.11. The van der Waals surface area contributed by atoms with Gasteiger partial charge in [0.1, 0.15) is 6.29 Å². The molecule has 0 aromatic heterocycles. The van der Waals surface area contributed by atoms with Gasteiger partial charge in [0, 0.05) is 4.90 Å². The molecule has 0 bridgehead atoms. The van der Waals surface area contributed by atoms with Crippen molar-refractivity contribution in [3.05, 3.63) is 54.1 Å². The largest absolute Gasteiger partial charge is 0.299 e. The van der Waals surface area contributed by atoms with Gasteiger partial charge in [0.2, 0.25) is 0 Å². The zero-order valence-corrected chi connectivity index (χ0v) is 13.0. The zero-order chi connectivity index (χ0) is 15.5. The maximum atomic E-state index is 12.0. The van der Waals surface area contributed by atoms with Crippen molar-refractivity contribution in [2.24, 2.45) is 0 Å². The van der Waals surface area contributed by atoms with Gasteiger partial charge in [0.25, 0.3) is 0 Å². The van der Waals surface area contributed by atoms with Crippen LogP contribution in [0.1, 0.15) is 26.2 Å². The number of benzene rings is 1. The summed E-state index contributed by atoms with van der Waals surface area (Å²) in [7, 11) is -1.29. The summed E-state index contributed by atoms with van der Waals surface area (Å²) in [6.45, 7) is 1.76. The second-order valence-corrected chi connectivity index (χ2v) is 6.06. The molecular weight excluding hydrogens is 284 g/mol. The molecule has 0 saturated heterocycles. The van der Waals surface area contributed by atoms with Crippen molar-refractivity contribution in [2.75, 3.05) is 5.75 Å². The van der Waals surface area contributed by atoms with Crippen LogP contribution in [0.3, 0.4) is 0 Å². The summed E-state index contributed by atoms with van der Waals surface area (Å²) in [6, 6.07) is 9.01. The minimum Gasteiger partial charge on any atom is -0.299 e. The fourth-order valence-corrected chi connectivity index (χ4v) is 2.80. The Labute approximate surface area is 128 Å². The molecule has 0 fully saturated rings. The van der Waals surface area contributed by atoms with Crippen LogP contribution in [0, 0.1) is 0 Å². The van der Waals surface area contributed by atoms with E-state index in [2.05, 4.69) is 0 Å². The van der Waals surface area contributed by atoms with Crippen molar-refractivity contribution in [3.63, 3.8) is 0 Å². The lowest BCUT2D eigenvalue weighted by Crippen LogP contribution is -2.11. The van der Waals surface area contributed by atoms with Crippen LogP contribution < -0.4 is 0 Å². The Balaban J connectivity index is 2.42. The fraction of sp³-hybridized carbons (Fsp3) is 0.294. The standard InChI is InChI=1S/C17H20O3S/c1-15(10-6-3-2-4-9-13-18)17(19)14-21(20)16-11-7-5-8-12-16/h4-5,7-13H,2-3,6,14H2,1H3/b9-4+,15-10+. The Kier molecular flexibility index (Phi) is 8.21. The van der Waals surface area contributed by atoms with Gasteiger partial charge in [-0.1, -0.05) is 30.4 Å². The summed E-state index contributed by atoms with van der Waals surface area (Å²) < 4.78 is 12.0. The molecule has 1 rings (SSSR count). The molecule has 1 aromatic carbocycles. The number of ketones is 1. The van der Waals surface area contributed by atoms with E-state index >= 15 is 0 Å². The second kappa shape index (κ2) is 10.00. The Hall–Kier alpha value is -1.81. The molecule has 0 N–H and O–H groups in total. The first-order valence-corrected chi connectivity index (χ1v) is 8.20. The first kappa shape index (κ1) is 17.2. The molecule has 3 nitrogen and oxygen atoms in total. The molecule has 0 aliphatic rings. The molecule has 112 valence electrons. The van der Waals surface area contributed by atoms with E-state index < -0.39 is 10.8 Å². The molecule has 1 aromatic rings. The molecule has 0 radical (unpaired) electrons. The fourth-order valence-electron chi connectivity index (χ4n) is 1.71. The van der Waals surface area contributed by atoms with Crippen LogP contribution in [0.2, 0.25) is 0 Å². The monoisotopic (exact) mass is 304 g/mol. The van der Waals surface area contributed by atoms with Gasteiger partial charge in [-0.05, 0) is 50.0 Å². The van der Waals surface area contributed by atoms with Gasteiger partial charge < -0.3 is 0 Å². The minimum absolute atomic E-state index is 0.0252. The summed E-state index contributed by atoms with van der Waals surface area (Å²) in [4.78, 5) is 22.7. The van der Waals surface area contributed by atoms with Gasteiger partial charge >= 0.3 is 0 Å². The zero-order valence-electron chi connectivity index (χ0n) is 12.2. The smallest absolute Gasteiger partial charge is 0.171 e. The van der Waals surface area contributed by atoms with Crippen LogP contribution in [0.25, 0.3) is 0 Å². The number of carbonyl (C=O) groups is 2. The molecule has 0 heterocycles. The number of rotatable bonds is 9. The number of hydrogen-bond acceptors (Lipinski definition) is 3. The topological polar surface area (TPSA) is 51.2 Å². The van der Waals surface area contributed by atoms with Gasteiger partial charge in [-0.25, -0.2) is 0 Å². The van der Waals surface area contributed by atoms with Crippen LogP contribution in [0.15, 0.2) is 59.0 Å². The molecule has 4 heteroatoms. The Morgan fingerprint density at radius 3 is 2.57 bits per heavy atom. The lowest BCUT2D eigenvalue weighted by molar-refractivity contribution is -0.113. The average Bonchev–Trinajstić information content (AvgIpc) is 2.51. The van der Waals surface area contributed by atoms with Gasteiger partial charge in [-0.3, -0.25) is 13.8 Å². The third-order valence-corrected chi connectivity index (χ3v) is 4.27. The average molecular weight is 304 g/mol. The number of aldehydes is 1. The summed E-state index contributed by atoms with van der Waals surface area (Å²) >= 11 is 0. The molecule has 0 spiro atoms. The van der Waals surface area contributed by atoms with Crippen molar-refractivity contribution in [2.45, 2.75) is 31.1 Å². The van der Waals surface area contributed by atoms with Crippen molar-refractivity contribution >= 4 is 22.9 Å². The van der Waals surface area contributed by atoms with Gasteiger partial charge in [0.05, 0.1) is 16.6 Å². The number of hydrogen-bond donors (Lipinski definition) is 0. The van der Waals surface area contributed by atoms with Crippen LogP contribution in [-0.2, 0) is 20.4 Å². The van der Waals surface area contributed by atoms with Gasteiger partial charge in [0.15, 0.2) is 5.78 Å². The highest BCUT2D eigenvalue weighted by Crippen LogP contribution is 2.09. The lowest BCUT2D eigenvalue weighted by Gasteiger charge is -2.02. The molecule has 1 unspecified atom stereocenters. The van der Waals surface area contributed by atoms with Crippen LogP contribution in [-0.4, -0.2) is 22.0 Å². The predicted molar refractivity (Wildman–Crippen MR) is 85.5 cm³/mol. The normalized spacial score (nSPS) is 13.3. The summed E-state index contributed by atoms with van der Waals surface area (Å²) in [6.07, 6.45) is 8.39. The first-order chi connectivity index (χ1) is 10.1. The predicted octanol–water partition coefficient (Wildman–Crippen LogP) is 3.24. The molecule has 0 amide bonds. The van der Waals surface area contributed by atoms with Gasteiger partial charge in [-0.2, -0.15) is 0 Å². The summed E-state index contributed by atoms with van der Waals surface area (Å²) in [5.74, 6) is -0.0576. The van der Waals surface area contributed by atoms with E-state index in [9.17, 15) is 13.8 Å². The van der Waals surface area contributed by atoms with Gasteiger partial charge in [-0.15, -0.1) is 0 Å². The van der Waals surface area contributed by atoms with Crippen molar-refractivity contribution in [1.82, 2.24) is 0 Å². The van der Waals surface area contributed by atoms with Crippen LogP contribution >= 0.6 is 0 Å². The summed E-state index contributed by atoms with van der Waals surface area (Å²) in [5, 5.41) is 0. The molecule has 0 saturated carbocycles. The van der Waals surface area contributed by atoms with Crippen molar-refractivity contribution < 1.29 is 13.8 Å². The molecule has 0 aliphatic carbocycles. The van der Waals surface area contributed by atoms with Crippen LogP contribution in [0.4, 0.5) is 0 Å².